The van der Waals surface area contributed by atoms with E-state index in [2.05, 4.69) is 12.2 Å². The van der Waals surface area contributed by atoms with Crippen LogP contribution >= 0.6 is 0 Å². The van der Waals surface area contributed by atoms with Gasteiger partial charge >= 0.3 is 0 Å². The van der Waals surface area contributed by atoms with Crippen LogP contribution in [0.4, 0.5) is 0 Å². The van der Waals surface area contributed by atoms with Crippen LogP contribution in [0, 0.1) is 11.8 Å². The molecule has 20 heavy (non-hydrogen) atoms. The highest BCUT2D eigenvalue weighted by atomic mass is 16.1. The van der Waals surface area contributed by atoms with Gasteiger partial charge in [0.25, 0.3) is 0 Å². The zero-order valence-electron chi connectivity index (χ0n) is 12.7. The number of allylic oxidation sites excluding steroid dienone is 4. The third-order valence-electron chi connectivity index (χ3n) is 5.42. The van der Waals surface area contributed by atoms with Crippen LogP contribution in [-0.2, 0) is 4.79 Å². The van der Waals surface area contributed by atoms with Crippen LogP contribution in [0.2, 0.25) is 0 Å². The van der Waals surface area contributed by atoms with Gasteiger partial charge in [0.2, 0.25) is 0 Å². The van der Waals surface area contributed by atoms with E-state index in [1.807, 2.05) is 0 Å². The second kappa shape index (κ2) is 6.74. The normalized spacial score (nSPS) is 30.5. The molecule has 0 radical (unpaired) electrons. The number of rotatable bonds is 2. The van der Waals surface area contributed by atoms with Crippen molar-refractivity contribution in [2.75, 3.05) is 0 Å². The first kappa shape index (κ1) is 14.1. The molecule has 0 spiro atoms. The molecule has 3 aliphatic carbocycles. The first-order chi connectivity index (χ1) is 9.83. The smallest absolute Gasteiger partial charge is 0.184 e. The monoisotopic (exact) mass is 272 g/mol. The highest BCUT2D eigenvalue weighted by molar-refractivity contribution is 6.10. The fraction of sp³-hybridized carbons (Fsp3) is 0.737. The minimum absolute atomic E-state index is 0.390. The second-order valence-corrected chi connectivity index (χ2v) is 7.01. The van der Waals surface area contributed by atoms with Crippen molar-refractivity contribution in [2.24, 2.45) is 11.8 Å². The molecule has 0 aliphatic heterocycles. The van der Waals surface area contributed by atoms with Gasteiger partial charge in [0.05, 0.1) is 0 Å². The topological polar surface area (TPSA) is 17.1 Å². The minimum atomic E-state index is 0.390. The molecule has 0 N–H and O–H groups in total. The maximum absolute atomic E-state index is 12.5. The molecule has 0 heterocycles. The van der Waals surface area contributed by atoms with E-state index >= 15 is 0 Å². The molecular weight excluding hydrogens is 244 g/mol. The van der Waals surface area contributed by atoms with E-state index in [1.54, 1.807) is 0 Å². The molecule has 0 bridgehead atoms. The maximum Gasteiger partial charge on any atom is 0.184 e. The lowest BCUT2D eigenvalue weighted by Gasteiger charge is -2.19. The lowest BCUT2D eigenvalue weighted by molar-refractivity contribution is -0.111. The molecule has 1 nitrogen and oxygen atoms in total. The summed E-state index contributed by atoms with van der Waals surface area (Å²) in [5.41, 5.74) is 2.28. The Balaban J connectivity index is 1.63. The van der Waals surface area contributed by atoms with Gasteiger partial charge in [0.15, 0.2) is 5.78 Å². The van der Waals surface area contributed by atoms with Gasteiger partial charge in [-0.3, -0.25) is 4.79 Å². The van der Waals surface area contributed by atoms with Crippen LogP contribution in [0.1, 0.15) is 77.0 Å². The van der Waals surface area contributed by atoms with Gasteiger partial charge in [-0.05, 0) is 61.5 Å². The highest BCUT2D eigenvalue weighted by Gasteiger charge is 2.25. The Labute approximate surface area is 123 Å². The molecule has 0 amide bonds. The van der Waals surface area contributed by atoms with Crippen molar-refractivity contribution >= 4 is 5.78 Å². The Kier molecular flexibility index (Phi) is 4.75. The van der Waals surface area contributed by atoms with E-state index in [4.69, 9.17) is 0 Å². The Morgan fingerprint density at radius 1 is 0.650 bits per heavy atom. The first-order valence-electron chi connectivity index (χ1n) is 8.79. The molecular formula is C19H28O. The summed E-state index contributed by atoms with van der Waals surface area (Å²) < 4.78 is 0. The molecule has 3 rings (SSSR count). The van der Waals surface area contributed by atoms with Crippen LogP contribution in [0.5, 0.6) is 0 Å². The van der Waals surface area contributed by atoms with Gasteiger partial charge in [-0.1, -0.05) is 50.7 Å². The highest BCUT2D eigenvalue weighted by Crippen LogP contribution is 2.34. The maximum atomic E-state index is 12.5. The molecule has 110 valence electrons. The Hall–Kier alpha value is -0.850. The van der Waals surface area contributed by atoms with E-state index < -0.39 is 0 Å². The second-order valence-electron chi connectivity index (χ2n) is 7.01. The van der Waals surface area contributed by atoms with E-state index in [0.717, 1.165) is 24.0 Å². The Morgan fingerprint density at radius 3 is 1.45 bits per heavy atom. The van der Waals surface area contributed by atoms with Crippen LogP contribution in [0.25, 0.3) is 0 Å². The van der Waals surface area contributed by atoms with Gasteiger partial charge in [0, 0.05) is 0 Å². The van der Waals surface area contributed by atoms with Crippen molar-refractivity contribution in [3.8, 4) is 0 Å². The van der Waals surface area contributed by atoms with Gasteiger partial charge in [-0.2, -0.15) is 0 Å². The Bertz CT molecular complexity index is 365. The summed E-state index contributed by atoms with van der Waals surface area (Å²) >= 11 is 0. The van der Waals surface area contributed by atoms with Crippen LogP contribution in [-0.4, -0.2) is 5.78 Å². The van der Waals surface area contributed by atoms with Gasteiger partial charge < -0.3 is 0 Å². The van der Waals surface area contributed by atoms with Crippen molar-refractivity contribution in [3.63, 3.8) is 0 Å². The van der Waals surface area contributed by atoms with Crippen LogP contribution < -0.4 is 0 Å². The fourth-order valence-electron chi connectivity index (χ4n) is 4.19. The van der Waals surface area contributed by atoms with E-state index in [9.17, 15) is 4.79 Å². The van der Waals surface area contributed by atoms with Crippen LogP contribution in [0.15, 0.2) is 23.3 Å². The van der Waals surface area contributed by atoms with Crippen molar-refractivity contribution in [1.82, 2.24) is 0 Å². The lowest BCUT2D eigenvalue weighted by Crippen LogP contribution is -2.07. The zero-order chi connectivity index (χ0) is 13.8. The summed E-state index contributed by atoms with van der Waals surface area (Å²) in [6.07, 6.45) is 20.1. The quantitative estimate of drug-likeness (QED) is 0.618. The van der Waals surface area contributed by atoms with Crippen molar-refractivity contribution in [2.45, 2.75) is 77.0 Å². The molecule has 3 saturated carbocycles. The van der Waals surface area contributed by atoms with Crippen molar-refractivity contribution < 1.29 is 4.79 Å². The number of hydrogen-bond acceptors (Lipinski definition) is 1. The van der Waals surface area contributed by atoms with Crippen molar-refractivity contribution in [3.05, 3.63) is 23.3 Å². The molecule has 0 aromatic carbocycles. The number of carbonyl (C=O) groups is 1. The Morgan fingerprint density at radius 2 is 1.05 bits per heavy atom. The lowest BCUT2D eigenvalue weighted by atomic mass is 9.86. The SMILES string of the molecule is O=C1C(=CC2CCCCC2)CCC1=CC1CCCCC1. The number of Topliss-reactive ketones (excluding diaryl/α,β-unsaturated/α-hetero) is 1. The molecule has 0 atom stereocenters. The zero-order valence-corrected chi connectivity index (χ0v) is 12.7. The molecule has 1 heteroatoms. The summed E-state index contributed by atoms with van der Waals surface area (Å²) in [6, 6.07) is 0. The standard InChI is InChI=1S/C19H28O/c20-19-17(13-15-7-3-1-4-8-15)11-12-18(19)14-16-9-5-2-6-10-16/h13-16H,1-12H2. The fourth-order valence-corrected chi connectivity index (χ4v) is 4.19. The van der Waals surface area contributed by atoms with Crippen LogP contribution in [0.3, 0.4) is 0 Å². The summed E-state index contributed by atoms with van der Waals surface area (Å²) in [4.78, 5) is 12.5. The van der Waals surface area contributed by atoms with E-state index in [0.29, 0.717) is 17.6 Å². The minimum Gasteiger partial charge on any atom is -0.289 e. The number of hydrogen-bond donors (Lipinski definition) is 0. The largest absolute Gasteiger partial charge is 0.289 e. The molecule has 3 fully saturated rings. The molecule has 0 saturated heterocycles. The van der Waals surface area contributed by atoms with E-state index in [-0.39, 0.29) is 0 Å². The van der Waals surface area contributed by atoms with Crippen molar-refractivity contribution in [1.29, 1.82) is 0 Å². The number of ketones is 1. The van der Waals surface area contributed by atoms with E-state index in [1.165, 1.54) is 64.2 Å². The van der Waals surface area contributed by atoms with Gasteiger partial charge in [0.1, 0.15) is 0 Å². The predicted octanol–water partition coefficient (Wildman–Crippen LogP) is 5.36. The van der Waals surface area contributed by atoms with Gasteiger partial charge in [-0.15, -0.1) is 0 Å². The number of carbonyl (C=O) groups excluding carboxylic acids is 1. The van der Waals surface area contributed by atoms with Gasteiger partial charge in [-0.25, -0.2) is 0 Å². The molecule has 3 aliphatic rings. The molecule has 0 aromatic rings. The summed E-state index contributed by atoms with van der Waals surface area (Å²) in [5, 5.41) is 0. The third kappa shape index (κ3) is 3.42. The summed E-state index contributed by atoms with van der Waals surface area (Å²) in [6.45, 7) is 0. The average Bonchev–Trinajstić information content (AvgIpc) is 2.83. The first-order valence-corrected chi connectivity index (χ1v) is 8.79. The molecule has 0 unspecified atom stereocenters. The molecule has 0 aromatic heterocycles. The third-order valence-corrected chi connectivity index (χ3v) is 5.42. The summed E-state index contributed by atoms with van der Waals surface area (Å²) in [7, 11) is 0. The summed E-state index contributed by atoms with van der Waals surface area (Å²) in [5.74, 6) is 1.77. The predicted molar refractivity (Wildman–Crippen MR) is 83.6 cm³/mol. The average molecular weight is 272 g/mol.